The standard InChI is InChI=1S/C11H14O.C2H6/c1-4-7-9-11(8-5-2)12-10-6-3;1-2/h3-5,8H,1-2,7,9-10H2;1-2H3/b11-8+;. The fourth-order valence-corrected chi connectivity index (χ4v) is 0.714. The molecule has 1 heteroatoms. The Bertz CT molecular complexity index is 206. The Morgan fingerprint density at radius 3 is 2.50 bits per heavy atom. The summed E-state index contributed by atoms with van der Waals surface area (Å²) in [6.07, 6.45) is 12.1. The van der Waals surface area contributed by atoms with Crippen LogP contribution in [0, 0.1) is 12.3 Å². The molecule has 0 atom stereocenters. The van der Waals surface area contributed by atoms with Crippen LogP contribution in [0.3, 0.4) is 0 Å². The molecule has 0 amide bonds. The van der Waals surface area contributed by atoms with Gasteiger partial charge in [0.15, 0.2) is 0 Å². The Morgan fingerprint density at radius 1 is 1.43 bits per heavy atom. The lowest BCUT2D eigenvalue weighted by molar-refractivity contribution is 0.242. The van der Waals surface area contributed by atoms with Crippen LogP contribution in [0.2, 0.25) is 0 Å². The van der Waals surface area contributed by atoms with Crippen molar-refractivity contribution in [2.45, 2.75) is 26.7 Å². The average molecular weight is 192 g/mol. The first kappa shape index (κ1) is 15.1. The Kier molecular flexibility index (Phi) is 15.2. The third-order valence-electron chi connectivity index (χ3n) is 1.24. The SMILES string of the molecule is C#CCO/C(=C/C=C)CCC=C.CC. The summed E-state index contributed by atoms with van der Waals surface area (Å²) in [5, 5.41) is 0. The average Bonchev–Trinajstić information content (AvgIpc) is 2.25. The van der Waals surface area contributed by atoms with Crippen LogP contribution in [0.25, 0.3) is 0 Å². The zero-order valence-electron chi connectivity index (χ0n) is 9.25. The fraction of sp³-hybridized carbons (Fsp3) is 0.385. The van der Waals surface area contributed by atoms with Gasteiger partial charge in [0.2, 0.25) is 0 Å². The lowest BCUT2D eigenvalue weighted by Gasteiger charge is -2.04. The van der Waals surface area contributed by atoms with Gasteiger partial charge in [0.25, 0.3) is 0 Å². The summed E-state index contributed by atoms with van der Waals surface area (Å²) in [5.41, 5.74) is 0. The molecule has 78 valence electrons. The van der Waals surface area contributed by atoms with Gasteiger partial charge >= 0.3 is 0 Å². The molecule has 0 heterocycles. The maximum absolute atomic E-state index is 5.24. The van der Waals surface area contributed by atoms with Gasteiger partial charge in [0, 0.05) is 6.42 Å². The Balaban J connectivity index is 0. The quantitative estimate of drug-likeness (QED) is 0.270. The van der Waals surface area contributed by atoms with Crippen LogP contribution >= 0.6 is 0 Å². The molecule has 0 rings (SSSR count). The van der Waals surface area contributed by atoms with Crippen molar-refractivity contribution in [3.8, 4) is 12.3 Å². The first-order valence-corrected chi connectivity index (χ1v) is 4.84. The molecule has 0 N–H and O–H groups in total. The number of hydrogen-bond acceptors (Lipinski definition) is 1. The molecule has 0 aliphatic carbocycles. The van der Waals surface area contributed by atoms with E-state index in [1.807, 2.05) is 26.0 Å². The maximum Gasteiger partial charge on any atom is 0.148 e. The smallest absolute Gasteiger partial charge is 0.148 e. The topological polar surface area (TPSA) is 9.23 Å². The summed E-state index contributed by atoms with van der Waals surface area (Å²) in [5.74, 6) is 3.27. The minimum absolute atomic E-state index is 0.316. The van der Waals surface area contributed by atoms with E-state index in [4.69, 9.17) is 11.2 Å². The second kappa shape index (κ2) is 14.1. The number of hydrogen-bond donors (Lipinski definition) is 0. The lowest BCUT2D eigenvalue weighted by Crippen LogP contribution is -1.92. The van der Waals surface area contributed by atoms with Crippen molar-refractivity contribution in [1.82, 2.24) is 0 Å². The zero-order valence-corrected chi connectivity index (χ0v) is 9.25. The van der Waals surface area contributed by atoms with Crippen molar-refractivity contribution in [3.05, 3.63) is 37.1 Å². The van der Waals surface area contributed by atoms with Crippen molar-refractivity contribution in [2.24, 2.45) is 0 Å². The molecule has 0 aromatic carbocycles. The van der Waals surface area contributed by atoms with Gasteiger partial charge in [0.1, 0.15) is 6.61 Å². The van der Waals surface area contributed by atoms with E-state index in [9.17, 15) is 0 Å². The van der Waals surface area contributed by atoms with Crippen LogP contribution in [0.1, 0.15) is 26.7 Å². The Hall–Kier alpha value is -1.42. The lowest BCUT2D eigenvalue weighted by atomic mass is 10.2. The maximum atomic E-state index is 5.24. The van der Waals surface area contributed by atoms with Crippen LogP contribution in [0.15, 0.2) is 37.1 Å². The van der Waals surface area contributed by atoms with Gasteiger partial charge in [-0.2, -0.15) is 0 Å². The highest BCUT2D eigenvalue weighted by Crippen LogP contribution is 2.06. The molecule has 0 radical (unpaired) electrons. The zero-order chi connectivity index (χ0) is 11.2. The minimum Gasteiger partial charge on any atom is -0.485 e. The van der Waals surface area contributed by atoms with Crippen molar-refractivity contribution >= 4 is 0 Å². The fourth-order valence-electron chi connectivity index (χ4n) is 0.714. The van der Waals surface area contributed by atoms with E-state index in [0.29, 0.717) is 6.61 Å². The van der Waals surface area contributed by atoms with Crippen LogP contribution in [-0.4, -0.2) is 6.61 Å². The van der Waals surface area contributed by atoms with Gasteiger partial charge in [-0.3, -0.25) is 0 Å². The highest BCUT2D eigenvalue weighted by molar-refractivity contribution is 5.05. The van der Waals surface area contributed by atoms with E-state index in [0.717, 1.165) is 18.6 Å². The van der Waals surface area contributed by atoms with E-state index in [2.05, 4.69) is 19.1 Å². The van der Waals surface area contributed by atoms with Crippen molar-refractivity contribution in [2.75, 3.05) is 6.61 Å². The number of ether oxygens (including phenoxy) is 1. The van der Waals surface area contributed by atoms with E-state index in [-0.39, 0.29) is 0 Å². The van der Waals surface area contributed by atoms with Gasteiger partial charge in [0.05, 0.1) is 5.76 Å². The Labute approximate surface area is 88.2 Å². The summed E-state index contributed by atoms with van der Waals surface area (Å²) in [4.78, 5) is 0. The molecule has 0 aromatic rings. The van der Waals surface area contributed by atoms with Crippen molar-refractivity contribution < 1.29 is 4.74 Å². The predicted octanol–water partition coefficient (Wildman–Crippen LogP) is 3.70. The monoisotopic (exact) mass is 192 g/mol. The molecule has 0 saturated carbocycles. The largest absolute Gasteiger partial charge is 0.485 e. The van der Waals surface area contributed by atoms with Crippen molar-refractivity contribution in [3.63, 3.8) is 0 Å². The molecule has 0 saturated heterocycles. The number of allylic oxidation sites excluding steroid dienone is 4. The molecule has 14 heavy (non-hydrogen) atoms. The van der Waals surface area contributed by atoms with Gasteiger partial charge in [-0.15, -0.1) is 13.0 Å². The van der Waals surface area contributed by atoms with Crippen LogP contribution < -0.4 is 0 Å². The first-order valence-electron chi connectivity index (χ1n) is 4.84. The molecular weight excluding hydrogens is 172 g/mol. The van der Waals surface area contributed by atoms with Gasteiger partial charge in [-0.05, 0) is 12.5 Å². The van der Waals surface area contributed by atoms with E-state index in [1.54, 1.807) is 6.08 Å². The van der Waals surface area contributed by atoms with Gasteiger partial charge in [-0.1, -0.05) is 38.5 Å². The summed E-state index contributed by atoms with van der Waals surface area (Å²) >= 11 is 0. The third kappa shape index (κ3) is 10.6. The van der Waals surface area contributed by atoms with Gasteiger partial charge < -0.3 is 4.74 Å². The molecule has 0 spiro atoms. The highest BCUT2D eigenvalue weighted by atomic mass is 16.5. The Morgan fingerprint density at radius 2 is 2.07 bits per heavy atom. The second-order valence-electron chi connectivity index (χ2n) is 2.19. The first-order chi connectivity index (χ1) is 6.85. The summed E-state index contributed by atoms with van der Waals surface area (Å²) in [6.45, 7) is 11.5. The predicted molar refractivity (Wildman–Crippen MR) is 63.8 cm³/mol. The molecular formula is C13H20O. The van der Waals surface area contributed by atoms with Crippen LogP contribution in [0.4, 0.5) is 0 Å². The van der Waals surface area contributed by atoms with E-state index in [1.165, 1.54) is 0 Å². The summed E-state index contributed by atoms with van der Waals surface area (Å²) < 4.78 is 5.24. The summed E-state index contributed by atoms with van der Waals surface area (Å²) in [6, 6.07) is 0. The van der Waals surface area contributed by atoms with Crippen LogP contribution in [0.5, 0.6) is 0 Å². The van der Waals surface area contributed by atoms with Crippen LogP contribution in [-0.2, 0) is 4.74 Å². The van der Waals surface area contributed by atoms with E-state index >= 15 is 0 Å². The van der Waals surface area contributed by atoms with E-state index < -0.39 is 0 Å². The van der Waals surface area contributed by atoms with Crippen molar-refractivity contribution in [1.29, 1.82) is 0 Å². The molecule has 0 aromatic heterocycles. The highest BCUT2D eigenvalue weighted by Gasteiger charge is 1.93. The molecule has 0 aliphatic rings. The number of rotatable bonds is 6. The minimum atomic E-state index is 0.316. The second-order valence-corrected chi connectivity index (χ2v) is 2.19. The molecule has 0 fully saturated rings. The molecule has 1 nitrogen and oxygen atoms in total. The summed E-state index contributed by atoms with van der Waals surface area (Å²) in [7, 11) is 0. The molecule has 0 bridgehead atoms. The third-order valence-corrected chi connectivity index (χ3v) is 1.24. The molecule has 0 aliphatic heterocycles. The van der Waals surface area contributed by atoms with Gasteiger partial charge in [-0.25, -0.2) is 0 Å². The normalized spacial score (nSPS) is 9.07. The molecule has 0 unspecified atom stereocenters. The number of terminal acetylenes is 1.